The van der Waals surface area contributed by atoms with Crippen LogP contribution in [0, 0.1) is 0 Å². The lowest BCUT2D eigenvalue weighted by Gasteiger charge is -2.25. The second kappa shape index (κ2) is 8.21. The molecule has 8 heteroatoms. The van der Waals surface area contributed by atoms with Gasteiger partial charge >= 0.3 is 5.97 Å². The van der Waals surface area contributed by atoms with E-state index in [0.717, 1.165) is 21.0 Å². The number of nitrogens with zero attached hydrogens (tertiary/aromatic N) is 1. The molecule has 2 N–H and O–H groups in total. The van der Waals surface area contributed by atoms with Gasteiger partial charge in [-0.05, 0) is 40.5 Å². The van der Waals surface area contributed by atoms with Gasteiger partial charge in [-0.3, -0.25) is 9.59 Å². The molecule has 2 unspecified atom stereocenters. The number of sulfonamides is 1. The molecule has 0 aromatic heterocycles. The van der Waals surface area contributed by atoms with E-state index >= 15 is 0 Å². The van der Waals surface area contributed by atoms with E-state index in [-0.39, 0.29) is 29.2 Å². The summed E-state index contributed by atoms with van der Waals surface area (Å²) in [4.78, 5) is 22.9. The Morgan fingerprint density at radius 2 is 1.64 bits per heavy atom. The lowest BCUT2D eigenvalue weighted by atomic mass is 9.83. The number of carboxylic acid groups (broad SMARTS) is 1. The van der Waals surface area contributed by atoms with Crippen LogP contribution in [0.25, 0.3) is 0 Å². The third-order valence-corrected chi connectivity index (χ3v) is 6.86. The first-order valence-electron chi connectivity index (χ1n) is 9.57. The topological polar surface area (TPSA) is 104 Å². The third kappa shape index (κ3) is 4.38. The number of hydrogen-bond donors (Lipinski definition) is 2. The van der Waals surface area contributed by atoms with Crippen LogP contribution in [0.15, 0.2) is 17.0 Å². The molecule has 1 aromatic carbocycles. The molecule has 1 aliphatic rings. The highest BCUT2D eigenvalue weighted by Crippen LogP contribution is 2.40. The van der Waals surface area contributed by atoms with Gasteiger partial charge in [0.15, 0.2) is 0 Å². The van der Waals surface area contributed by atoms with Crippen LogP contribution in [-0.2, 0) is 19.6 Å². The number of nitrogens with one attached hydrogen (secondary N) is 1. The van der Waals surface area contributed by atoms with Crippen molar-refractivity contribution in [2.75, 3.05) is 13.1 Å². The highest BCUT2D eigenvalue weighted by atomic mass is 32.2. The Labute approximate surface area is 167 Å². The summed E-state index contributed by atoms with van der Waals surface area (Å²) in [5.41, 5.74) is 3.00. The maximum atomic E-state index is 13.3. The van der Waals surface area contributed by atoms with Crippen LogP contribution in [0.2, 0.25) is 0 Å². The van der Waals surface area contributed by atoms with Crippen LogP contribution in [0.4, 0.5) is 0 Å². The summed E-state index contributed by atoms with van der Waals surface area (Å²) >= 11 is 0. The highest BCUT2D eigenvalue weighted by molar-refractivity contribution is 7.89. The van der Waals surface area contributed by atoms with Crippen molar-refractivity contribution in [2.45, 2.75) is 70.2 Å². The van der Waals surface area contributed by atoms with Crippen LogP contribution in [-0.4, -0.2) is 48.8 Å². The zero-order valence-electron chi connectivity index (χ0n) is 17.3. The van der Waals surface area contributed by atoms with Crippen molar-refractivity contribution in [1.29, 1.82) is 0 Å². The lowest BCUT2D eigenvalue weighted by molar-refractivity contribution is -0.137. The Balaban J connectivity index is 2.46. The minimum Gasteiger partial charge on any atom is -0.480 e. The molecule has 7 nitrogen and oxygen atoms in total. The van der Waals surface area contributed by atoms with Gasteiger partial charge in [-0.2, -0.15) is 4.31 Å². The van der Waals surface area contributed by atoms with Gasteiger partial charge in [0.2, 0.25) is 15.9 Å². The van der Waals surface area contributed by atoms with E-state index in [1.165, 1.54) is 0 Å². The van der Waals surface area contributed by atoms with Crippen LogP contribution < -0.4 is 5.32 Å². The van der Waals surface area contributed by atoms with Gasteiger partial charge in [0, 0.05) is 6.54 Å². The molecule has 1 aliphatic heterocycles. The van der Waals surface area contributed by atoms with Crippen LogP contribution in [0.3, 0.4) is 0 Å². The largest absolute Gasteiger partial charge is 0.480 e. The third-order valence-electron chi connectivity index (χ3n) is 4.93. The number of amides is 1. The van der Waals surface area contributed by atoms with Crippen LogP contribution >= 0.6 is 0 Å². The number of rotatable bonds is 8. The predicted octanol–water partition coefficient (Wildman–Crippen LogP) is 2.63. The van der Waals surface area contributed by atoms with Crippen molar-refractivity contribution >= 4 is 21.9 Å². The summed E-state index contributed by atoms with van der Waals surface area (Å²) in [6.07, 6.45) is 0. The van der Waals surface area contributed by atoms with Gasteiger partial charge in [0.25, 0.3) is 0 Å². The quantitative estimate of drug-likeness (QED) is 0.641. The number of hydrogen-bond acceptors (Lipinski definition) is 4. The predicted molar refractivity (Wildman–Crippen MR) is 107 cm³/mol. The van der Waals surface area contributed by atoms with E-state index in [1.54, 1.807) is 6.07 Å². The van der Waals surface area contributed by atoms with Crippen molar-refractivity contribution in [3.8, 4) is 0 Å². The van der Waals surface area contributed by atoms with Gasteiger partial charge in [-0.1, -0.05) is 47.6 Å². The standard InChI is InChI=1S/C20H30N2O5S/c1-11(2)14-7-8-16(19(13(5)6)18(14)12(3)4)28(26,27)22-10-15(22)20(25)21-9-17(23)24/h7-8,11-13,15H,9-10H2,1-6H3,(H,21,25)(H,23,24). The average Bonchev–Trinajstić information content (AvgIpc) is 3.39. The fraction of sp³-hybridized carbons (Fsp3) is 0.600. The van der Waals surface area contributed by atoms with E-state index in [9.17, 15) is 18.0 Å². The molecule has 1 aromatic rings. The highest BCUT2D eigenvalue weighted by Gasteiger charge is 2.50. The van der Waals surface area contributed by atoms with Crippen molar-refractivity contribution in [1.82, 2.24) is 9.62 Å². The number of aliphatic carboxylic acids is 1. The molecule has 0 radical (unpaired) electrons. The SMILES string of the molecule is CC(C)c1ccc(S(=O)(=O)N2CC2C(=O)NCC(=O)O)c(C(C)C)c1C(C)C. The molecule has 1 amide bonds. The molecule has 0 saturated carbocycles. The Morgan fingerprint density at radius 3 is 2.11 bits per heavy atom. The van der Waals surface area contributed by atoms with Crippen molar-refractivity contribution < 1.29 is 23.1 Å². The molecule has 1 fully saturated rings. The monoisotopic (exact) mass is 410 g/mol. The Morgan fingerprint density at radius 1 is 1.07 bits per heavy atom. The molecule has 2 rings (SSSR count). The normalized spacial score (nSPS) is 19.3. The van der Waals surface area contributed by atoms with Gasteiger partial charge in [0.05, 0.1) is 4.90 Å². The van der Waals surface area contributed by atoms with Crippen molar-refractivity contribution in [2.24, 2.45) is 0 Å². The first-order chi connectivity index (χ1) is 12.9. The number of carbonyl (C=O) groups is 2. The summed E-state index contributed by atoms with van der Waals surface area (Å²) < 4.78 is 27.6. The van der Waals surface area contributed by atoms with Crippen molar-refractivity contribution in [3.05, 3.63) is 28.8 Å². The molecule has 1 saturated heterocycles. The second-order valence-electron chi connectivity index (χ2n) is 8.15. The van der Waals surface area contributed by atoms with E-state index in [0.29, 0.717) is 0 Å². The van der Waals surface area contributed by atoms with E-state index in [2.05, 4.69) is 33.0 Å². The first-order valence-corrected chi connectivity index (χ1v) is 11.0. The van der Waals surface area contributed by atoms with E-state index in [1.807, 2.05) is 19.9 Å². The summed E-state index contributed by atoms with van der Waals surface area (Å²) in [6, 6.07) is 2.68. The molecule has 0 aliphatic carbocycles. The minimum absolute atomic E-state index is 0.000104. The molecule has 0 spiro atoms. The maximum absolute atomic E-state index is 13.3. The zero-order chi connectivity index (χ0) is 21.4. The molecule has 0 bridgehead atoms. The number of carboxylic acids is 1. The molecule has 2 atom stereocenters. The smallest absolute Gasteiger partial charge is 0.322 e. The minimum atomic E-state index is -3.85. The molecule has 28 heavy (non-hydrogen) atoms. The van der Waals surface area contributed by atoms with Gasteiger partial charge < -0.3 is 10.4 Å². The summed E-state index contributed by atoms with van der Waals surface area (Å²) in [5, 5.41) is 10.9. The zero-order valence-corrected chi connectivity index (χ0v) is 18.1. The Kier molecular flexibility index (Phi) is 6.55. The average molecular weight is 411 g/mol. The summed E-state index contributed by atoms with van der Waals surface area (Å²) in [7, 11) is -3.85. The maximum Gasteiger partial charge on any atom is 0.322 e. The van der Waals surface area contributed by atoms with Crippen LogP contribution in [0.1, 0.15) is 76.0 Å². The fourth-order valence-electron chi connectivity index (χ4n) is 3.61. The summed E-state index contributed by atoms with van der Waals surface area (Å²) in [6.45, 7) is 11.8. The molecular formula is C20H30N2O5S. The van der Waals surface area contributed by atoms with Gasteiger partial charge in [0.1, 0.15) is 12.6 Å². The fourth-order valence-corrected chi connectivity index (χ4v) is 5.50. The lowest BCUT2D eigenvalue weighted by Crippen LogP contribution is -2.35. The van der Waals surface area contributed by atoms with Gasteiger partial charge in [-0.15, -0.1) is 0 Å². The van der Waals surface area contributed by atoms with Gasteiger partial charge in [-0.25, -0.2) is 8.42 Å². The summed E-state index contributed by atoms with van der Waals surface area (Å²) in [5.74, 6) is -1.33. The van der Waals surface area contributed by atoms with Crippen LogP contribution in [0.5, 0.6) is 0 Å². The molecule has 156 valence electrons. The Hall–Kier alpha value is -1.93. The van der Waals surface area contributed by atoms with E-state index in [4.69, 9.17) is 5.11 Å². The Bertz CT molecular complexity index is 875. The second-order valence-corrected chi connectivity index (χ2v) is 10.0. The number of benzene rings is 1. The first kappa shape index (κ1) is 22.4. The molecule has 1 heterocycles. The number of carbonyl (C=O) groups excluding carboxylic acids is 1. The van der Waals surface area contributed by atoms with Crippen molar-refractivity contribution in [3.63, 3.8) is 0 Å². The van der Waals surface area contributed by atoms with E-state index < -0.39 is 34.5 Å². The molecular weight excluding hydrogens is 380 g/mol.